The molecule has 5 nitrogen and oxygen atoms in total. The van der Waals surface area contributed by atoms with Gasteiger partial charge in [0.25, 0.3) is 5.91 Å². The molecule has 1 aliphatic heterocycles. The number of carbonyl (C=O) groups is 2. The van der Waals surface area contributed by atoms with Gasteiger partial charge in [0.2, 0.25) is 5.91 Å². The molecule has 6 heteroatoms. The molecule has 2 amide bonds. The van der Waals surface area contributed by atoms with E-state index in [4.69, 9.17) is 4.74 Å². The van der Waals surface area contributed by atoms with Crippen LogP contribution < -0.4 is 5.32 Å². The minimum atomic E-state index is -0.548. The van der Waals surface area contributed by atoms with E-state index in [0.29, 0.717) is 36.3 Å². The maximum Gasteiger partial charge on any atom is 0.253 e. The largest absolute Gasteiger partial charge is 0.378 e. The van der Waals surface area contributed by atoms with E-state index in [-0.39, 0.29) is 11.8 Å². The average Bonchev–Trinajstić information content (AvgIpc) is 2.47. The number of rotatable bonds is 3. The topological polar surface area (TPSA) is 58.6 Å². The second-order valence-corrected chi connectivity index (χ2v) is 5.47. The molecule has 1 fully saturated rings. The van der Waals surface area contributed by atoms with Gasteiger partial charge in [-0.2, -0.15) is 0 Å². The van der Waals surface area contributed by atoms with Crippen molar-refractivity contribution < 1.29 is 14.3 Å². The number of ether oxygens (including phenoxy) is 1. The number of nitrogens with zero attached hydrogens (tertiary/aromatic N) is 1. The van der Waals surface area contributed by atoms with E-state index in [0.717, 1.165) is 0 Å². The SMILES string of the molecule is C[C@@H](NC(=O)c1ccccc1Br)C(=O)N1CCOCC1. The minimum absolute atomic E-state index is 0.0753. The molecule has 108 valence electrons. The molecule has 0 unspecified atom stereocenters. The van der Waals surface area contributed by atoms with Crippen LogP contribution in [0.15, 0.2) is 28.7 Å². The second-order valence-electron chi connectivity index (χ2n) is 4.61. The van der Waals surface area contributed by atoms with Gasteiger partial charge in [0, 0.05) is 17.6 Å². The zero-order valence-corrected chi connectivity index (χ0v) is 12.9. The Morgan fingerprint density at radius 3 is 2.60 bits per heavy atom. The van der Waals surface area contributed by atoms with E-state index in [1.165, 1.54) is 0 Å². The van der Waals surface area contributed by atoms with E-state index < -0.39 is 6.04 Å². The minimum Gasteiger partial charge on any atom is -0.378 e. The van der Waals surface area contributed by atoms with Gasteiger partial charge < -0.3 is 15.0 Å². The number of hydrogen-bond donors (Lipinski definition) is 1. The molecule has 0 saturated carbocycles. The molecule has 20 heavy (non-hydrogen) atoms. The van der Waals surface area contributed by atoms with Crippen molar-refractivity contribution in [3.05, 3.63) is 34.3 Å². The summed E-state index contributed by atoms with van der Waals surface area (Å²) in [5.41, 5.74) is 0.522. The van der Waals surface area contributed by atoms with Crippen LogP contribution in [0.1, 0.15) is 17.3 Å². The molecular formula is C14H17BrN2O3. The van der Waals surface area contributed by atoms with Gasteiger partial charge in [-0.05, 0) is 35.0 Å². The smallest absolute Gasteiger partial charge is 0.253 e. The third-order valence-corrected chi connectivity index (χ3v) is 3.85. The molecule has 0 aliphatic carbocycles. The monoisotopic (exact) mass is 340 g/mol. The summed E-state index contributed by atoms with van der Waals surface area (Å²) >= 11 is 3.33. The highest BCUT2D eigenvalue weighted by atomic mass is 79.9. The summed E-state index contributed by atoms with van der Waals surface area (Å²) in [7, 11) is 0. The van der Waals surface area contributed by atoms with E-state index in [1.54, 1.807) is 30.0 Å². The number of benzene rings is 1. The molecule has 1 atom stereocenters. The number of carbonyl (C=O) groups excluding carboxylic acids is 2. The van der Waals surface area contributed by atoms with Gasteiger partial charge in [0.15, 0.2) is 0 Å². The van der Waals surface area contributed by atoms with Gasteiger partial charge in [-0.3, -0.25) is 9.59 Å². The summed E-state index contributed by atoms with van der Waals surface area (Å²) in [6.07, 6.45) is 0. The number of nitrogens with one attached hydrogen (secondary N) is 1. The van der Waals surface area contributed by atoms with Crippen LogP contribution in [0.4, 0.5) is 0 Å². The van der Waals surface area contributed by atoms with Crippen molar-refractivity contribution in [3.63, 3.8) is 0 Å². The first-order chi connectivity index (χ1) is 9.59. The third-order valence-electron chi connectivity index (χ3n) is 3.16. The Hall–Kier alpha value is -1.40. The van der Waals surface area contributed by atoms with Crippen molar-refractivity contribution in [1.82, 2.24) is 10.2 Å². The van der Waals surface area contributed by atoms with Gasteiger partial charge in [-0.25, -0.2) is 0 Å². The molecule has 1 N–H and O–H groups in total. The summed E-state index contributed by atoms with van der Waals surface area (Å²) in [4.78, 5) is 26.0. The van der Waals surface area contributed by atoms with Crippen molar-refractivity contribution in [2.45, 2.75) is 13.0 Å². The van der Waals surface area contributed by atoms with E-state index >= 15 is 0 Å². The lowest BCUT2D eigenvalue weighted by molar-refractivity contribution is -0.136. The summed E-state index contributed by atoms with van der Waals surface area (Å²) in [5.74, 6) is -0.333. The molecule has 1 saturated heterocycles. The van der Waals surface area contributed by atoms with Gasteiger partial charge >= 0.3 is 0 Å². The molecule has 0 bridgehead atoms. The first kappa shape index (κ1) is 15.0. The normalized spacial score (nSPS) is 16.6. The standard InChI is InChI=1S/C14H17BrN2O3/c1-10(14(19)17-6-8-20-9-7-17)16-13(18)11-4-2-3-5-12(11)15/h2-5,10H,6-9H2,1H3,(H,16,18)/t10-/m1/s1. The molecular weight excluding hydrogens is 324 g/mol. The van der Waals surface area contributed by atoms with Gasteiger partial charge in [-0.15, -0.1) is 0 Å². The maximum absolute atomic E-state index is 12.2. The first-order valence-electron chi connectivity index (χ1n) is 6.51. The predicted octanol–water partition coefficient (Wildman–Crippen LogP) is 1.43. The van der Waals surface area contributed by atoms with Gasteiger partial charge in [-0.1, -0.05) is 12.1 Å². The first-order valence-corrected chi connectivity index (χ1v) is 7.31. The number of hydrogen-bond acceptors (Lipinski definition) is 3. The Labute approximate surface area is 126 Å². The fourth-order valence-electron chi connectivity index (χ4n) is 2.04. The molecule has 0 radical (unpaired) electrons. The van der Waals surface area contributed by atoms with Crippen molar-refractivity contribution >= 4 is 27.7 Å². The number of halogens is 1. The molecule has 1 aromatic rings. The van der Waals surface area contributed by atoms with E-state index in [9.17, 15) is 9.59 Å². The predicted molar refractivity (Wildman–Crippen MR) is 78.5 cm³/mol. The Balaban J connectivity index is 1.97. The number of amides is 2. The van der Waals surface area contributed by atoms with Crippen molar-refractivity contribution in [2.24, 2.45) is 0 Å². The molecule has 0 spiro atoms. The van der Waals surface area contributed by atoms with Gasteiger partial charge in [0.1, 0.15) is 6.04 Å². The fourth-order valence-corrected chi connectivity index (χ4v) is 2.50. The average molecular weight is 341 g/mol. The summed E-state index contributed by atoms with van der Waals surface area (Å²) < 4.78 is 5.92. The summed E-state index contributed by atoms with van der Waals surface area (Å²) in [5, 5.41) is 2.73. The highest BCUT2D eigenvalue weighted by Crippen LogP contribution is 2.15. The van der Waals surface area contributed by atoms with Crippen molar-refractivity contribution in [2.75, 3.05) is 26.3 Å². The lowest BCUT2D eigenvalue weighted by Crippen LogP contribution is -2.50. The van der Waals surface area contributed by atoms with Crippen molar-refractivity contribution in [3.8, 4) is 0 Å². The van der Waals surface area contributed by atoms with Crippen LogP contribution in [0.5, 0.6) is 0 Å². The van der Waals surface area contributed by atoms with Crippen molar-refractivity contribution in [1.29, 1.82) is 0 Å². The van der Waals surface area contributed by atoms with Crippen LogP contribution in [0.3, 0.4) is 0 Å². The Bertz CT molecular complexity index is 501. The van der Waals surface area contributed by atoms with Crippen LogP contribution in [0.2, 0.25) is 0 Å². The maximum atomic E-state index is 12.2. The highest BCUT2D eigenvalue weighted by molar-refractivity contribution is 9.10. The van der Waals surface area contributed by atoms with E-state index in [2.05, 4.69) is 21.2 Å². The lowest BCUT2D eigenvalue weighted by Gasteiger charge is -2.29. The Kier molecular flexibility index (Phi) is 5.14. The highest BCUT2D eigenvalue weighted by Gasteiger charge is 2.24. The Morgan fingerprint density at radius 2 is 1.95 bits per heavy atom. The third kappa shape index (κ3) is 3.58. The van der Waals surface area contributed by atoms with Crippen LogP contribution >= 0.6 is 15.9 Å². The number of morpholine rings is 1. The quantitative estimate of drug-likeness (QED) is 0.905. The van der Waals surface area contributed by atoms with Crippen LogP contribution in [-0.2, 0) is 9.53 Å². The summed E-state index contributed by atoms with van der Waals surface area (Å²) in [6, 6.07) is 6.58. The van der Waals surface area contributed by atoms with Crippen LogP contribution in [-0.4, -0.2) is 49.1 Å². The molecule has 1 aromatic carbocycles. The second kappa shape index (κ2) is 6.85. The Morgan fingerprint density at radius 1 is 1.30 bits per heavy atom. The van der Waals surface area contributed by atoms with Gasteiger partial charge in [0.05, 0.1) is 18.8 Å². The lowest BCUT2D eigenvalue weighted by atomic mass is 10.2. The van der Waals surface area contributed by atoms with E-state index in [1.807, 2.05) is 6.07 Å². The molecule has 1 heterocycles. The molecule has 1 aliphatic rings. The fraction of sp³-hybridized carbons (Fsp3) is 0.429. The molecule has 2 rings (SSSR count). The zero-order valence-electron chi connectivity index (χ0n) is 11.3. The summed E-state index contributed by atoms with van der Waals surface area (Å²) in [6.45, 7) is 3.96. The van der Waals surface area contributed by atoms with Crippen LogP contribution in [0.25, 0.3) is 0 Å². The van der Waals surface area contributed by atoms with Crippen LogP contribution in [0, 0.1) is 0 Å². The zero-order chi connectivity index (χ0) is 14.5. The molecule has 0 aromatic heterocycles.